The molecule has 1 saturated heterocycles. The number of ether oxygens (including phenoxy) is 1. The third-order valence-electron chi connectivity index (χ3n) is 6.31. The van der Waals surface area contributed by atoms with Crippen molar-refractivity contribution in [2.24, 2.45) is 0 Å². The molecule has 0 spiro atoms. The van der Waals surface area contributed by atoms with Gasteiger partial charge in [-0.25, -0.2) is 0 Å². The number of carbonyl (C=O) groups excluding carboxylic acids is 2. The van der Waals surface area contributed by atoms with Crippen LogP contribution in [0.4, 0.5) is 5.13 Å². The molecule has 1 aromatic heterocycles. The second kappa shape index (κ2) is 12.7. The highest BCUT2D eigenvalue weighted by Gasteiger charge is 2.48. The number of halogens is 1. The summed E-state index contributed by atoms with van der Waals surface area (Å²) in [7, 11) is 0. The first-order valence-corrected chi connectivity index (χ1v) is 14.9. The Morgan fingerprint density at radius 3 is 2.58 bits per heavy atom. The van der Waals surface area contributed by atoms with E-state index in [9.17, 15) is 14.7 Å². The number of ketones is 1. The Balaban J connectivity index is 1.52. The summed E-state index contributed by atoms with van der Waals surface area (Å²) in [5.41, 5.74) is 2.12. The molecule has 1 aliphatic heterocycles. The van der Waals surface area contributed by atoms with Crippen LogP contribution in [0.5, 0.6) is 5.75 Å². The van der Waals surface area contributed by atoms with E-state index in [1.54, 1.807) is 30.3 Å². The van der Waals surface area contributed by atoms with Gasteiger partial charge in [-0.1, -0.05) is 103 Å². The zero-order valence-corrected chi connectivity index (χ0v) is 24.0. The van der Waals surface area contributed by atoms with E-state index >= 15 is 0 Å². The molecule has 1 amide bonds. The monoisotopic (exact) mass is 591 g/mol. The fourth-order valence-electron chi connectivity index (χ4n) is 4.29. The minimum atomic E-state index is -0.906. The quantitative estimate of drug-likeness (QED) is 0.0517. The number of anilines is 1. The summed E-state index contributed by atoms with van der Waals surface area (Å²) in [5.74, 6) is -0.545. The molecule has 0 saturated carbocycles. The number of Topliss-reactive ketones (excluding diaryl/α,β-unsaturated/α-hetero) is 1. The van der Waals surface area contributed by atoms with Crippen molar-refractivity contribution in [3.63, 3.8) is 0 Å². The van der Waals surface area contributed by atoms with Crippen molar-refractivity contribution >= 4 is 57.3 Å². The molecule has 40 heavy (non-hydrogen) atoms. The van der Waals surface area contributed by atoms with E-state index in [2.05, 4.69) is 17.1 Å². The first-order valence-electron chi connectivity index (χ1n) is 12.8. The van der Waals surface area contributed by atoms with Crippen LogP contribution in [0, 0.1) is 0 Å². The number of unbranched alkanes of at least 4 members (excludes halogenated alkanes) is 1. The lowest BCUT2D eigenvalue weighted by Gasteiger charge is -2.23. The Morgan fingerprint density at radius 2 is 1.82 bits per heavy atom. The Kier molecular flexibility index (Phi) is 8.84. The molecule has 204 valence electrons. The molecule has 3 aromatic carbocycles. The van der Waals surface area contributed by atoms with E-state index in [0.29, 0.717) is 38.6 Å². The van der Waals surface area contributed by atoms with E-state index in [-0.39, 0.29) is 16.5 Å². The average Bonchev–Trinajstić information content (AvgIpc) is 3.55. The van der Waals surface area contributed by atoms with Gasteiger partial charge in [0.05, 0.1) is 18.2 Å². The predicted octanol–water partition coefficient (Wildman–Crippen LogP) is 7.29. The normalized spacial score (nSPS) is 16.4. The molecule has 0 aliphatic carbocycles. The summed E-state index contributed by atoms with van der Waals surface area (Å²) in [4.78, 5) is 28.2. The smallest absolute Gasteiger partial charge is 0.301 e. The van der Waals surface area contributed by atoms with Gasteiger partial charge in [0.25, 0.3) is 5.78 Å². The van der Waals surface area contributed by atoms with Crippen molar-refractivity contribution in [2.45, 2.75) is 35.9 Å². The number of carbonyl (C=O) groups is 2. The van der Waals surface area contributed by atoms with Crippen LogP contribution in [0.25, 0.3) is 5.76 Å². The van der Waals surface area contributed by atoms with E-state index in [1.807, 2.05) is 48.5 Å². The van der Waals surface area contributed by atoms with Crippen LogP contribution in [-0.2, 0) is 15.3 Å². The van der Waals surface area contributed by atoms with Crippen molar-refractivity contribution < 1.29 is 19.4 Å². The molecular weight excluding hydrogens is 566 g/mol. The molecule has 2 heterocycles. The van der Waals surface area contributed by atoms with E-state index in [4.69, 9.17) is 16.3 Å². The van der Waals surface area contributed by atoms with Crippen LogP contribution in [0.3, 0.4) is 0 Å². The number of aliphatic hydroxyl groups excluding tert-OH is 1. The third-order valence-corrected chi connectivity index (χ3v) is 8.69. The highest BCUT2D eigenvalue weighted by atomic mass is 35.5. The molecule has 1 N–H and O–H groups in total. The zero-order chi connectivity index (χ0) is 28.1. The van der Waals surface area contributed by atoms with E-state index in [1.165, 1.54) is 28.0 Å². The van der Waals surface area contributed by atoms with E-state index < -0.39 is 17.7 Å². The number of thioether (sulfide) groups is 1. The van der Waals surface area contributed by atoms with Crippen LogP contribution < -0.4 is 9.64 Å². The van der Waals surface area contributed by atoms with Gasteiger partial charge in [0, 0.05) is 16.3 Å². The predicted molar refractivity (Wildman–Crippen MR) is 159 cm³/mol. The zero-order valence-electron chi connectivity index (χ0n) is 21.6. The molecule has 7 nitrogen and oxygen atoms in total. The standard InChI is InChI=1S/C30H26ClN3O4S2/c1-2-3-16-38-23-11-7-10-21(17-23)25-24(26(35)20-8-5-4-6-9-20)27(36)28(37)34(25)29-32-33-30(40-29)39-18-19-12-14-22(31)15-13-19/h4-15,17,25,35H,2-3,16,18H2,1H3. The maximum Gasteiger partial charge on any atom is 0.301 e. The molecule has 0 radical (unpaired) electrons. The topological polar surface area (TPSA) is 92.6 Å². The van der Waals surface area contributed by atoms with Crippen LogP contribution in [0.2, 0.25) is 5.02 Å². The molecule has 5 rings (SSSR count). The second-order valence-corrected chi connectivity index (χ2v) is 11.7. The molecule has 1 aliphatic rings. The molecular formula is C30H26ClN3O4S2. The van der Waals surface area contributed by atoms with Gasteiger partial charge < -0.3 is 9.84 Å². The van der Waals surface area contributed by atoms with Crippen LogP contribution in [0.15, 0.2) is 88.8 Å². The number of amides is 1. The van der Waals surface area contributed by atoms with Crippen molar-refractivity contribution in [1.82, 2.24) is 10.2 Å². The average molecular weight is 592 g/mol. The minimum Gasteiger partial charge on any atom is -0.507 e. The summed E-state index contributed by atoms with van der Waals surface area (Å²) in [6.07, 6.45) is 1.89. The number of nitrogens with zero attached hydrogens (tertiary/aromatic N) is 3. The van der Waals surface area contributed by atoms with Crippen molar-refractivity contribution in [2.75, 3.05) is 11.5 Å². The summed E-state index contributed by atoms with van der Waals surface area (Å²) in [5, 5.41) is 20.8. The van der Waals surface area contributed by atoms with Gasteiger partial charge in [-0.05, 0) is 41.8 Å². The first-order chi connectivity index (χ1) is 19.5. The number of aliphatic hydroxyl groups is 1. The van der Waals surface area contributed by atoms with Crippen LogP contribution in [-0.4, -0.2) is 33.6 Å². The second-order valence-electron chi connectivity index (χ2n) is 9.08. The Hall–Kier alpha value is -3.66. The molecule has 10 heteroatoms. The largest absolute Gasteiger partial charge is 0.507 e. The lowest BCUT2D eigenvalue weighted by molar-refractivity contribution is -0.132. The molecule has 1 fully saturated rings. The van der Waals surface area contributed by atoms with Crippen molar-refractivity contribution in [1.29, 1.82) is 0 Å². The summed E-state index contributed by atoms with van der Waals surface area (Å²) < 4.78 is 6.55. The lowest BCUT2D eigenvalue weighted by atomic mass is 9.95. The lowest BCUT2D eigenvalue weighted by Crippen LogP contribution is -2.29. The number of aromatic nitrogens is 2. The maximum atomic E-state index is 13.5. The van der Waals surface area contributed by atoms with E-state index in [0.717, 1.165) is 18.4 Å². The van der Waals surface area contributed by atoms with Gasteiger partial charge in [0.2, 0.25) is 5.13 Å². The molecule has 1 unspecified atom stereocenters. The number of rotatable bonds is 10. The fraction of sp³-hybridized carbons (Fsp3) is 0.200. The highest BCUT2D eigenvalue weighted by molar-refractivity contribution is 8.00. The minimum absolute atomic E-state index is 0.00697. The fourth-order valence-corrected chi connectivity index (χ4v) is 6.24. The van der Waals surface area contributed by atoms with Crippen LogP contribution in [0.1, 0.15) is 42.5 Å². The number of hydrogen-bond donors (Lipinski definition) is 1. The number of hydrogen-bond acceptors (Lipinski definition) is 8. The SMILES string of the molecule is CCCCOc1cccc(C2C(=C(O)c3ccccc3)C(=O)C(=O)N2c2nnc(SCc3ccc(Cl)cc3)s2)c1. The first kappa shape index (κ1) is 27.9. The summed E-state index contributed by atoms with van der Waals surface area (Å²) in [6.45, 7) is 2.63. The van der Waals surface area contributed by atoms with Gasteiger partial charge in [0.15, 0.2) is 4.34 Å². The molecule has 1 atom stereocenters. The Morgan fingerprint density at radius 1 is 1.05 bits per heavy atom. The van der Waals surface area contributed by atoms with Gasteiger partial charge in [0.1, 0.15) is 11.5 Å². The molecule has 0 bridgehead atoms. The van der Waals surface area contributed by atoms with Crippen molar-refractivity contribution in [3.8, 4) is 5.75 Å². The van der Waals surface area contributed by atoms with Crippen molar-refractivity contribution in [3.05, 3.63) is 106 Å². The summed E-state index contributed by atoms with van der Waals surface area (Å²) >= 11 is 8.68. The van der Waals surface area contributed by atoms with Crippen LogP contribution >= 0.6 is 34.7 Å². The maximum absolute atomic E-state index is 13.5. The van der Waals surface area contributed by atoms with Gasteiger partial charge in [-0.15, -0.1) is 10.2 Å². The Labute approximate surface area is 245 Å². The third kappa shape index (κ3) is 6.06. The highest BCUT2D eigenvalue weighted by Crippen LogP contribution is 2.44. The summed E-state index contributed by atoms with van der Waals surface area (Å²) in [6, 6.07) is 22.6. The van der Waals surface area contributed by atoms with Gasteiger partial charge in [-0.2, -0.15) is 0 Å². The van der Waals surface area contributed by atoms with Gasteiger partial charge >= 0.3 is 5.91 Å². The molecule has 4 aromatic rings. The van der Waals surface area contributed by atoms with Gasteiger partial charge in [-0.3, -0.25) is 14.5 Å². The number of benzene rings is 3. The Bertz CT molecular complexity index is 1540.